The Morgan fingerprint density at radius 1 is 0.500 bits per heavy atom. The van der Waals surface area contributed by atoms with E-state index in [4.69, 9.17) is 0 Å². The summed E-state index contributed by atoms with van der Waals surface area (Å²) < 4.78 is 5.29. The number of hydrogen-bond acceptors (Lipinski definition) is 1. The number of rotatable bonds is 3. The minimum Gasteiger partial charge on any atom is -0.375 e. The fourth-order valence-corrected chi connectivity index (χ4v) is 11.7. The van der Waals surface area contributed by atoms with Crippen molar-refractivity contribution in [3.63, 3.8) is 0 Å². The van der Waals surface area contributed by atoms with Gasteiger partial charge in [-0.2, -0.15) is 5.26 Å². The summed E-state index contributed by atoms with van der Waals surface area (Å²) in [6.45, 7) is 11.2. The molecule has 0 bridgehead atoms. The number of fused-ring (bicyclic) bond motifs is 8. The van der Waals surface area contributed by atoms with Gasteiger partial charge in [0.15, 0.2) is 0 Å². The van der Waals surface area contributed by atoms with Crippen molar-refractivity contribution in [3.8, 4) is 56.3 Å². The second-order valence-electron chi connectivity index (χ2n) is 17.4. The summed E-state index contributed by atoms with van der Waals surface area (Å²) in [5.41, 5.74) is 26.1. The normalized spacial score (nSPS) is 12.7. The molecule has 11 aromatic rings. The Bertz CT molecular complexity index is 3740. The van der Waals surface area contributed by atoms with Gasteiger partial charge in [0.05, 0.1) is 22.7 Å². The Morgan fingerprint density at radius 3 is 1.85 bits per heavy atom. The molecule has 0 spiro atoms. The van der Waals surface area contributed by atoms with Crippen LogP contribution >= 0.6 is 0 Å². The molecular formula is C56H38BN3. The van der Waals surface area contributed by atoms with Crippen LogP contribution in [0.4, 0.5) is 0 Å². The van der Waals surface area contributed by atoms with E-state index in [1.165, 1.54) is 138 Å². The van der Waals surface area contributed by atoms with Crippen LogP contribution in [0.15, 0.2) is 140 Å². The zero-order valence-corrected chi connectivity index (χ0v) is 34.2. The molecule has 0 radical (unpaired) electrons. The quantitative estimate of drug-likeness (QED) is 0.130. The van der Waals surface area contributed by atoms with Gasteiger partial charge in [-0.1, -0.05) is 91.0 Å². The van der Waals surface area contributed by atoms with E-state index in [9.17, 15) is 5.26 Å². The van der Waals surface area contributed by atoms with Gasteiger partial charge in [0, 0.05) is 43.8 Å². The Morgan fingerprint density at radius 2 is 1.13 bits per heavy atom. The third-order valence-corrected chi connectivity index (χ3v) is 14.2. The van der Waals surface area contributed by atoms with Crippen LogP contribution in [-0.2, 0) is 0 Å². The van der Waals surface area contributed by atoms with E-state index in [1.54, 1.807) is 0 Å². The standard InChI is InChI=1S/C56H38BN3/c1-30-9-6-10-31(2)49(30)39-22-24-46-42(25-39)43-26-40(50-32(3)11-7-12-33(50)4)27-44-51-34(5)41(36-17-15-35(29-58)16-18-36)28-48-54(51)57(60(46)55(43)44)45-23-21-38-20-19-37-13-8-14-47-52(37)53(38)56(45)59(47)48/h6-28H,1-5H3. The maximum atomic E-state index is 9.78. The Hall–Kier alpha value is -7.35. The molecule has 13 rings (SSSR count). The number of benzene rings is 9. The summed E-state index contributed by atoms with van der Waals surface area (Å²) in [6, 6.07) is 54.6. The van der Waals surface area contributed by atoms with Crippen molar-refractivity contribution in [3.05, 3.63) is 173 Å². The van der Waals surface area contributed by atoms with Gasteiger partial charge in [-0.15, -0.1) is 0 Å². The van der Waals surface area contributed by atoms with E-state index in [2.05, 4.69) is 177 Å². The molecule has 0 atom stereocenters. The predicted molar refractivity (Wildman–Crippen MR) is 253 cm³/mol. The zero-order chi connectivity index (χ0) is 40.3. The van der Waals surface area contributed by atoms with E-state index in [0.29, 0.717) is 5.56 Å². The number of nitrogens with zero attached hydrogens (tertiary/aromatic N) is 3. The summed E-state index contributed by atoms with van der Waals surface area (Å²) >= 11 is 0. The van der Waals surface area contributed by atoms with Crippen molar-refractivity contribution in [1.82, 2.24) is 9.05 Å². The first-order chi connectivity index (χ1) is 29.3. The molecule has 3 nitrogen and oxygen atoms in total. The molecule has 0 fully saturated rings. The first kappa shape index (κ1) is 33.6. The zero-order valence-electron chi connectivity index (χ0n) is 34.2. The van der Waals surface area contributed by atoms with Crippen molar-refractivity contribution in [2.75, 3.05) is 0 Å². The molecule has 9 aromatic carbocycles. The van der Waals surface area contributed by atoms with E-state index in [0.717, 1.165) is 5.56 Å². The number of hydrogen-bond donors (Lipinski definition) is 0. The van der Waals surface area contributed by atoms with E-state index < -0.39 is 0 Å². The fourth-order valence-electron chi connectivity index (χ4n) is 11.7. The Kier molecular flexibility index (Phi) is 6.53. The molecular weight excluding hydrogens is 725 g/mol. The first-order valence-electron chi connectivity index (χ1n) is 21.0. The van der Waals surface area contributed by atoms with Crippen LogP contribution in [0.1, 0.15) is 33.4 Å². The van der Waals surface area contributed by atoms with Crippen molar-refractivity contribution < 1.29 is 0 Å². The fraction of sp³-hybridized carbons (Fsp3) is 0.0893. The highest BCUT2D eigenvalue weighted by atomic mass is 15.0. The van der Waals surface area contributed by atoms with Gasteiger partial charge in [0.1, 0.15) is 0 Å². The molecule has 2 aromatic heterocycles. The molecule has 2 aliphatic rings. The third-order valence-electron chi connectivity index (χ3n) is 14.2. The van der Waals surface area contributed by atoms with Gasteiger partial charge in [-0.25, -0.2) is 0 Å². The SMILES string of the molecule is Cc1cccc(C)c1-c1ccc2c(c1)c1cc(-c3c(C)cccc3C)cc3c1n2B1c2c(cc(-c4ccc(C#N)cc4)c(C)c2-3)-n2c3cccc4ccc5ccc1c2c5c43. The number of aromatic nitrogens is 2. The molecule has 4 heteroatoms. The molecule has 0 saturated carbocycles. The van der Waals surface area contributed by atoms with Crippen molar-refractivity contribution >= 4 is 72.2 Å². The molecule has 60 heavy (non-hydrogen) atoms. The maximum absolute atomic E-state index is 9.78. The van der Waals surface area contributed by atoms with Gasteiger partial charge in [0.2, 0.25) is 0 Å². The Balaban J connectivity index is 1.25. The predicted octanol–water partition coefficient (Wildman–Crippen LogP) is 12.8. The average Bonchev–Trinajstić information content (AvgIpc) is 3.78. The van der Waals surface area contributed by atoms with Crippen LogP contribution in [0.5, 0.6) is 0 Å². The van der Waals surface area contributed by atoms with Crippen molar-refractivity contribution in [2.24, 2.45) is 0 Å². The molecule has 0 N–H and O–H groups in total. The Labute approximate surface area is 348 Å². The highest BCUT2D eigenvalue weighted by molar-refractivity contribution is 6.90. The first-order valence-corrected chi connectivity index (χ1v) is 21.0. The monoisotopic (exact) mass is 763 g/mol. The van der Waals surface area contributed by atoms with Gasteiger partial charge in [0.25, 0.3) is 0 Å². The van der Waals surface area contributed by atoms with E-state index in [1.807, 2.05) is 12.1 Å². The highest BCUT2D eigenvalue weighted by Gasteiger charge is 2.43. The van der Waals surface area contributed by atoms with Gasteiger partial charge in [-0.05, 0) is 172 Å². The van der Waals surface area contributed by atoms with Gasteiger partial charge < -0.3 is 9.05 Å². The minimum atomic E-state index is -0.0477. The summed E-state index contributed by atoms with van der Waals surface area (Å²) in [4.78, 5) is 0. The summed E-state index contributed by atoms with van der Waals surface area (Å²) in [5.74, 6) is 0. The molecule has 280 valence electrons. The largest absolute Gasteiger partial charge is 0.375 e. The topological polar surface area (TPSA) is 33.6 Å². The van der Waals surface area contributed by atoms with E-state index >= 15 is 0 Å². The molecule has 0 amide bonds. The van der Waals surface area contributed by atoms with Crippen LogP contribution in [0.3, 0.4) is 0 Å². The number of aryl methyl sites for hydroxylation is 4. The smallest absolute Gasteiger partial charge is 0.333 e. The summed E-state index contributed by atoms with van der Waals surface area (Å²) in [7, 11) is 0. The van der Waals surface area contributed by atoms with Crippen LogP contribution in [0.25, 0.3) is 105 Å². The van der Waals surface area contributed by atoms with Crippen LogP contribution < -0.4 is 10.9 Å². The highest BCUT2D eigenvalue weighted by Crippen LogP contribution is 2.49. The molecule has 0 unspecified atom stereocenters. The maximum Gasteiger partial charge on any atom is 0.333 e. The molecule has 4 heterocycles. The van der Waals surface area contributed by atoms with Crippen LogP contribution in [-0.4, -0.2) is 15.9 Å². The van der Waals surface area contributed by atoms with Crippen LogP contribution in [0, 0.1) is 45.9 Å². The average molecular weight is 764 g/mol. The second-order valence-corrected chi connectivity index (χ2v) is 17.4. The lowest BCUT2D eigenvalue weighted by Crippen LogP contribution is -2.55. The molecule has 0 saturated heterocycles. The van der Waals surface area contributed by atoms with E-state index in [-0.39, 0.29) is 6.85 Å². The minimum absolute atomic E-state index is 0.0477. The van der Waals surface area contributed by atoms with Crippen molar-refractivity contribution in [1.29, 1.82) is 5.26 Å². The third kappa shape index (κ3) is 4.14. The van der Waals surface area contributed by atoms with Crippen molar-refractivity contribution in [2.45, 2.75) is 34.6 Å². The summed E-state index contributed by atoms with van der Waals surface area (Å²) in [5, 5.41) is 17.6. The lowest BCUT2D eigenvalue weighted by atomic mass is 9.45. The summed E-state index contributed by atoms with van der Waals surface area (Å²) in [6.07, 6.45) is 0. The second kappa shape index (κ2) is 11.7. The van der Waals surface area contributed by atoms with Gasteiger partial charge in [-0.3, -0.25) is 0 Å². The van der Waals surface area contributed by atoms with Crippen LogP contribution in [0.2, 0.25) is 0 Å². The molecule has 0 aliphatic carbocycles. The lowest BCUT2D eigenvalue weighted by Gasteiger charge is -2.36. The lowest BCUT2D eigenvalue weighted by molar-refractivity contribution is 1.17. The van der Waals surface area contributed by atoms with Gasteiger partial charge >= 0.3 is 6.85 Å². The molecule has 2 aliphatic heterocycles. The number of nitriles is 1.